The predicted molar refractivity (Wildman–Crippen MR) is 184 cm³/mol. The number of aryl methyl sites for hydroxylation is 2. The molecule has 1 unspecified atom stereocenters. The summed E-state index contributed by atoms with van der Waals surface area (Å²) in [5.41, 5.74) is 5.87. The molecule has 0 aliphatic heterocycles. The summed E-state index contributed by atoms with van der Waals surface area (Å²) < 4.78 is 12.3. The zero-order valence-electron chi connectivity index (χ0n) is 27.9. The van der Waals surface area contributed by atoms with Gasteiger partial charge in [0.1, 0.15) is 11.5 Å². The van der Waals surface area contributed by atoms with Crippen LogP contribution in [-0.4, -0.2) is 17.9 Å². The Kier molecular flexibility index (Phi) is 10.1. The number of hydrogen-bond acceptors (Lipinski definition) is 4. The Morgan fingerprint density at radius 3 is 1.80 bits per heavy atom. The van der Waals surface area contributed by atoms with Crippen LogP contribution in [0.2, 0.25) is 0 Å². The second-order valence-corrected chi connectivity index (χ2v) is 13.0. The summed E-state index contributed by atoms with van der Waals surface area (Å²) in [6.45, 7) is 12.5. The van der Waals surface area contributed by atoms with Crippen LogP contribution < -0.4 is 9.47 Å². The summed E-state index contributed by atoms with van der Waals surface area (Å²) in [4.78, 5) is 25.9. The molecule has 5 rings (SSSR count). The van der Waals surface area contributed by atoms with Gasteiger partial charge < -0.3 is 9.47 Å². The van der Waals surface area contributed by atoms with Gasteiger partial charge in [0.15, 0.2) is 5.78 Å². The Labute approximate surface area is 269 Å². The first-order valence-corrected chi connectivity index (χ1v) is 16.9. The highest BCUT2D eigenvalue weighted by molar-refractivity contribution is 6.02. The summed E-state index contributed by atoms with van der Waals surface area (Å²) in [7, 11) is 0. The zero-order chi connectivity index (χ0) is 32.1. The third-order valence-corrected chi connectivity index (χ3v) is 9.99. The fraction of sp³-hybridized carbons (Fsp3) is 0.415. The lowest BCUT2D eigenvalue weighted by Gasteiger charge is -2.39. The highest BCUT2D eigenvalue weighted by Gasteiger charge is 2.36. The van der Waals surface area contributed by atoms with E-state index in [-0.39, 0.29) is 29.2 Å². The molecule has 0 radical (unpaired) electrons. The smallest absolute Gasteiger partial charge is 0.343 e. The van der Waals surface area contributed by atoms with E-state index in [2.05, 4.69) is 51.1 Å². The Morgan fingerprint density at radius 2 is 1.24 bits per heavy atom. The molecular weight excluding hydrogens is 556 g/mol. The Morgan fingerprint density at radius 1 is 0.689 bits per heavy atom. The lowest BCUT2D eigenvalue weighted by atomic mass is 9.65. The molecule has 1 saturated carbocycles. The van der Waals surface area contributed by atoms with Crippen LogP contribution in [0.25, 0.3) is 10.8 Å². The van der Waals surface area contributed by atoms with Crippen molar-refractivity contribution in [3.8, 4) is 11.5 Å². The maximum absolute atomic E-state index is 13.3. The Balaban J connectivity index is 1.38. The van der Waals surface area contributed by atoms with Crippen LogP contribution in [0.3, 0.4) is 0 Å². The molecule has 1 fully saturated rings. The molecule has 0 bridgehead atoms. The third-order valence-electron chi connectivity index (χ3n) is 9.99. The average Bonchev–Trinajstić information content (AvgIpc) is 3.07. The second kappa shape index (κ2) is 14.0. The molecule has 0 aromatic heterocycles. The molecule has 4 nitrogen and oxygen atoms in total. The molecule has 1 aliphatic rings. The number of esters is 1. The van der Waals surface area contributed by atoms with Crippen molar-refractivity contribution in [1.82, 2.24) is 0 Å². The largest absolute Gasteiger partial charge is 0.490 e. The number of hydrogen-bond donors (Lipinski definition) is 0. The van der Waals surface area contributed by atoms with Gasteiger partial charge in [-0.25, -0.2) is 4.79 Å². The van der Waals surface area contributed by atoms with Crippen LogP contribution in [0, 0.1) is 19.8 Å². The highest BCUT2D eigenvalue weighted by Crippen LogP contribution is 2.46. The van der Waals surface area contributed by atoms with Crippen molar-refractivity contribution in [2.75, 3.05) is 0 Å². The molecule has 1 atom stereocenters. The standard InChI is InChI=1S/C41H48O4/c1-7-27(4)39(42)32-15-13-31-26-33(16-14-30(31)25-32)40(43)45-38-20-18-35(24-29(38)6)41(21-11-10-12-22-41)34-17-19-37(28(5)23-34)44-36(8-2)9-3/h13-20,23-27,36H,7-12,21-22H2,1-6H3. The fourth-order valence-electron chi connectivity index (χ4n) is 6.83. The SMILES string of the molecule is CCC(CC)Oc1ccc(C2(c3ccc(OC(=O)c4ccc5cc(C(=O)C(C)CC)ccc5c4)c(C)c3)CCCCC2)cc1C. The number of carbonyl (C=O) groups is 2. The number of benzene rings is 4. The van der Waals surface area contributed by atoms with Crippen molar-refractivity contribution in [3.05, 3.63) is 106 Å². The molecule has 4 aromatic carbocycles. The lowest BCUT2D eigenvalue weighted by Crippen LogP contribution is -2.30. The number of ether oxygens (including phenoxy) is 2. The molecule has 4 heteroatoms. The molecule has 0 amide bonds. The summed E-state index contributed by atoms with van der Waals surface area (Å²) >= 11 is 0. The number of carbonyl (C=O) groups excluding carboxylic acids is 2. The van der Waals surface area contributed by atoms with E-state index in [1.165, 1.54) is 36.0 Å². The molecule has 45 heavy (non-hydrogen) atoms. The minimum atomic E-state index is -0.386. The maximum atomic E-state index is 13.3. The van der Waals surface area contributed by atoms with Crippen molar-refractivity contribution in [1.29, 1.82) is 0 Å². The number of Topliss-reactive ketones (excluding diaryl/α,β-unsaturated/α-hetero) is 1. The first kappa shape index (κ1) is 32.5. The van der Waals surface area contributed by atoms with Crippen LogP contribution in [-0.2, 0) is 5.41 Å². The fourth-order valence-corrected chi connectivity index (χ4v) is 6.83. The minimum absolute atomic E-state index is 0.0113. The van der Waals surface area contributed by atoms with Gasteiger partial charge in [-0.15, -0.1) is 0 Å². The van der Waals surface area contributed by atoms with Crippen molar-refractivity contribution in [2.24, 2.45) is 5.92 Å². The van der Waals surface area contributed by atoms with Gasteiger partial charge in [0, 0.05) is 16.9 Å². The Bertz CT molecular complexity index is 1670. The molecule has 0 spiro atoms. The monoisotopic (exact) mass is 604 g/mol. The molecule has 0 N–H and O–H groups in total. The van der Waals surface area contributed by atoms with Gasteiger partial charge in [0.25, 0.3) is 0 Å². The molecule has 1 aliphatic carbocycles. The molecule has 0 saturated heterocycles. The van der Waals surface area contributed by atoms with Crippen LogP contribution in [0.1, 0.15) is 122 Å². The number of rotatable bonds is 11. The van der Waals surface area contributed by atoms with Gasteiger partial charge >= 0.3 is 5.97 Å². The van der Waals surface area contributed by atoms with Crippen molar-refractivity contribution < 1.29 is 19.1 Å². The topological polar surface area (TPSA) is 52.6 Å². The van der Waals surface area contributed by atoms with E-state index in [9.17, 15) is 9.59 Å². The highest BCUT2D eigenvalue weighted by atomic mass is 16.5. The van der Waals surface area contributed by atoms with Gasteiger partial charge in [-0.05, 0) is 109 Å². The van der Waals surface area contributed by atoms with E-state index in [4.69, 9.17) is 9.47 Å². The van der Waals surface area contributed by atoms with E-state index in [1.807, 2.05) is 57.2 Å². The number of ketones is 1. The average molecular weight is 605 g/mol. The van der Waals surface area contributed by atoms with Crippen molar-refractivity contribution >= 4 is 22.5 Å². The maximum Gasteiger partial charge on any atom is 0.343 e. The molecule has 4 aromatic rings. The molecule has 236 valence electrons. The van der Waals surface area contributed by atoms with Crippen molar-refractivity contribution in [3.63, 3.8) is 0 Å². The quantitative estimate of drug-likeness (QED) is 0.0971. The predicted octanol–water partition coefficient (Wildman–Crippen LogP) is 10.7. The summed E-state index contributed by atoms with van der Waals surface area (Å²) in [6.07, 6.45) is 8.88. The van der Waals surface area contributed by atoms with E-state index < -0.39 is 0 Å². The van der Waals surface area contributed by atoms with Crippen molar-refractivity contribution in [2.45, 2.75) is 104 Å². The summed E-state index contributed by atoms with van der Waals surface area (Å²) in [5, 5.41) is 1.84. The molecule has 0 heterocycles. The lowest BCUT2D eigenvalue weighted by molar-refractivity contribution is 0.0733. The summed E-state index contributed by atoms with van der Waals surface area (Å²) in [6, 6.07) is 24.3. The van der Waals surface area contributed by atoms with Crippen LogP contribution in [0.15, 0.2) is 72.8 Å². The van der Waals surface area contributed by atoms with Crippen LogP contribution >= 0.6 is 0 Å². The first-order chi connectivity index (χ1) is 21.7. The molecular formula is C41H48O4. The minimum Gasteiger partial charge on any atom is -0.490 e. The normalized spacial score (nSPS) is 15.2. The first-order valence-electron chi connectivity index (χ1n) is 16.9. The van der Waals surface area contributed by atoms with Crippen LogP contribution in [0.5, 0.6) is 11.5 Å². The van der Waals surface area contributed by atoms with Gasteiger partial charge in [0.05, 0.1) is 11.7 Å². The number of fused-ring (bicyclic) bond motifs is 1. The van der Waals surface area contributed by atoms with E-state index in [0.717, 1.165) is 54.2 Å². The van der Waals surface area contributed by atoms with Gasteiger partial charge in [-0.2, -0.15) is 0 Å². The zero-order valence-corrected chi connectivity index (χ0v) is 27.9. The van der Waals surface area contributed by atoms with Crippen LogP contribution in [0.4, 0.5) is 0 Å². The van der Waals surface area contributed by atoms with Gasteiger partial charge in [0.2, 0.25) is 0 Å². The van der Waals surface area contributed by atoms with E-state index >= 15 is 0 Å². The summed E-state index contributed by atoms with van der Waals surface area (Å²) in [5.74, 6) is 1.31. The second-order valence-electron chi connectivity index (χ2n) is 13.0. The van der Waals surface area contributed by atoms with Gasteiger partial charge in [-0.1, -0.05) is 89.4 Å². The van der Waals surface area contributed by atoms with E-state index in [1.54, 1.807) is 6.07 Å². The van der Waals surface area contributed by atoms with Gasteiger partial charge in [-0.3, -0.25) is 4.79 Å². The van der Waals surface area contributed by atoms with E-state index in [0.29, 0.717) is 16.9 Å². The Hall–Kier alpha value is -3.92. The third kappa shape index (κ3) is 6.85.